The van der Waals surface area contributed by atoms with Crippen LogP contribution in [0.1, 0.15) is 48.0 Å². The molecule has 1 atom stereocenters. The summed E-state index contributed by atoms with van der Waals surface area (Å²) in [5, 5.41) is 8.37. The highest BCUT2D eigenvalue weighted by Gasteiger charge is 2.51. The van der Waals surface area contributed by atoms with Crippen molar-refractivity contribution >= 4 is 21.8 Å². The fourth-order valence-corrected chi connectivity index (χ4v) is 4.56. The Bertz CT molecular complexity index is 732. The van der Waals surface area contributed by atoms with Gasteiger partial charge < -0.3 is 13.9 Å². The molecule has 7 heteroatoms. The molecule has 2 aromatic rings. The van der Waals surface area contributed by atoms with Gasteiger partial charge in [-0.2, -0.15) is 0 Å². The molecule has 122 valence electrons. The normalized spacial score (nSPS) is 23.0. The summed E-state index contributed by atoms with van der Waals surface area (Å²) in [6.07, 6.45) is 6.49. The van der Waals surface area contributed by atoms with Crippen molar-refractivity contribution in [3.05, 3.63) is 34.7 Å². The summed E-state index contributed by atoms with van der Waals surface area (Å²) >= 11 is 3.26. The highest BCUT2D eigenvalue weighted by atomic mass is 79.9. The first-order valence-corrected chi connectivity index (χ1v) is 8.77. The predicted octanol–water partition coefficient (Wildman–Crippen LogP) is 2.97. The first-order valence-electron chi connectivity index (χ1n) is 7.98. The van der Waals surface area contributed by atoms with Crippen molar-refractivity contribution in [2.75, 3.05) is 13.1 Å². The van der Waals surface area contributed by atoms with Gasteiger partial charge >= 0.3 is 0 Å². The third-order valence-corrected chi connectivity index (χ3v) is 5.80. The van der Waals surface area contributed by atoms with Crippen molar-refractivity contribution in [3.63, 3.8) is 0 Å². The van der Waals surface area contributed by atoms with Crippen LogP contribution in [0.15, 0.2) is 27.5 Å². The van der Waals surface area contributed by atoms with Crippen LogP contribution in [0.4, 0.5) is 0 Å². The van der Waals surface area contributed by atoms with Gasteiger partial charge in [0.15, 0.2) is 10.4 Å². The molecule has 4 rings (SSSR count). The largest absolute Gasteiger partial charge is 0.444 e. The van der Waals surface area contributed by atoms with E-state index in [0.717, 1.165) is 25.2 Å². The average molecular weight is 379 g/mol. The van der Waals surface area contributed by atoms with Crippen molar-refractivity contribution in [2.24, 2.45) is 12.5 Å². The fraction of sp³-hybridized carbons (Fsp3) is 0.562. The lowest BCUT2D eigenvalue weighted by atomic mass is 9.76. The van der Waals surface area contributed by atoms with Crippen LogP contribution in [0.5, 0.6) is 0 Å². The molecule has 1 aliphatic heterocycles. The number of hydrogen-bond donors (Lipinski definition) is 0. The maximum atomic E-state index is 12.8. The Kier molecular flexibility index (Phi) is 3.55. The number of amides is 1. The van der Waals surface area contributed by atoms with Crippen LogP contribution in [0.25, 0.3) is 0 Å². The van der Waals surface area contributed by atoms with Crippen LogP contribution in [-0.2, 0) is 7.05 Å². The molecule has 1 saturated carbocycles. The van der Waals surface area contributed by atoms with E-state index in [1.165, 1.54) is 12.8 Å². The highest BCUT2D eigenvalue weighted by molar-refractivity contribution is 9.10. The summed E-state index contributed by atoms with van der Waals surface area (Å²) in [5.41, 5.74) is 0.139. The second-order valence-electron chi connectivity index (χ2n) is 6.71. The Morgan fingerprint density at radius 3 is 2.78 bits per heavy atom. The minimum atomic E-state index is -0.0355. The zero-order valence-corrected chi connectivity index (χ0v) is 14.6. The molecule has 1 aliphatic carbocycles. The Labute approximate surface area is 143 Å². The van der Waals surface area contributed by atoms with Gasteiger partial charge in [0.1, 0.15) is 12.2 Å². The third-order valence-electron chi connectivity index (χ3n) is 5.38. The van der Waals surface area contributed by atoms with Crippen molar-refractivity contribution in [2.45, 2.75) is 31.6 Å². The van der Waals surface area contributed by atoms with Gasteiger partial charge in [0.2, 0.25) is 0 Å². The lowest BCUT2D eigenvalue weighted by molar-refractivity contribution is 0.0740. The molecule has 0 aromatic carbocycles. The van der Waals surface area contributed by atoms with Crippen LogP contribution in [0.2, 0.25) is 0 Å². The van der Waals surface area contributed by atoms with Crippen LogP contribution < -0.4 is 0 Å². The van der Waals surface area contributed by atoms with Crippen molar-refractivity contribution in [1.29, 1.82) is 0 Å². The molecule has 0 radical (unpaired) electrons. The Hall–Kier alpha value is -1.63. The van der Waals surface area contributed by atoms with E-state index in [2.05, 4.69) is 26.1 Å². The summed E-state index contributed by atoms with van der Waals surface area (Å²) in [6, 6.07) is 3.48. The number of nitrogens with zero attached hydrogens (tertiary/aromatic N) is 4. The Morgan fingerprint density at radius 2 is 2.17 bits per heavy atom. The van der Waals surface area contributed by atoms with E-state index in [-0.39, 0.29) is 17.2 Å². The van der Waals surface area contributed by atoms with Gasteiger partial charge in [-0.05, 0) is 46.3 Å². The molecular weight excluding hydrogens is 360 g/mol. The van der Waals surface area contributed by atoms with Crippen LogP contribution >= 0.6 is 15.9 Å². The minimum Gasteiger partial charge on any atom is -0.444 e. The van der Waals surface area contributed by atoms with Gasteiger partial charge in [-0.1, -0.05) is 12.8 Å². The molecule has 0 bridgehead atoms. The predicted molar refractivity (Wildman–Crippen MR) is 87.0 cm³/mol. The summed E-state index contributed by atoms with van der Waals surface area (Å²) < 4.78 is 8.02. The number of aryl methyl sites for hydroxylation is 1. The number of hydrogen-bond acceptors (Lipinski definition) is 4. The van der Waals surface area contributed by atoms with E-state index in [9.17, 15) is 4.79 Å². The summed E-state index contributed by atoms with van der Waals surface area (Å²) in [7, 11) is 1.98. The van der Waals surface area contributed by atoms with Crippen molar-refractivity contribution in [1.82, 2.24) is 19.7 Å². The number of halogens is 1. The molecule has 0 N–H and O–H groups in total. The molecule has 3 heterocycles. The Balaban J connectivity index is 1.65. The molecule has 2 aliphatic rings. The third kappa shape index (κ3) is 2.41. The van der Waals surface area contributed by atoms with E-state index >= 15 is 0 Å². The van der Waals surface area contributed by atoms with Gasteiger partial charge in [0.25, 0.3) is 5.91 Å². The SMILES string of the molecule is Cn1cnnc1C1CN(C(=O)c2ccc(Br)o2)CC12CCCC2. The van der Waals surface area contributed by atoms with Gasteiger partial charge in [-0.25, -0.2) is 0 Å². The molecule has 23 heavy (non-hydrogen) atoms. The lowest BCUT2D eigenvalue weighted by Crippen LogP contribution is -2.31. The first-order chi connectivity index (χ1) is 11.1. The van der Waals surface area contributed by atoms with Crippen molar-refractivity contribution in [3.8, 4) is 0 Å². The number of carbonyl (C=O) groups is 1. The number of furan rings is 1. The molecule has 2 fully saturated rings. The zero-order valence-electron chi connectivity index (χ0n) is 13.0. The van der Waals surface area contributed by atoms with Crippen LogP contribution in [-0.4, -0.2) is 38.7 Å². The van der Waals surface area contributed by atoms with E-state index in [1.807, 2.05) is 16.5 Å². The molecule has 1 saturated heterocycles. The molecule has 1 unspecified atom stereocenters. The highest BCUT2D eigenvalue weighted by Crippen LogP contribution is 2.53. The van der Waals surface area contributed by atoms with Gasteiger partial charge in [0.05, 0.1) is 0 Å². The van der Waals surface area contributed by atoms with Gasteiger partial charge in [-0.15, -0.1) is 10.2 Å². The molecule has 1 amide bonds. The monoisotopic (exact) mass is 378 g/mol. The van der Waals surface area contributed by atoms with E-state index in [0.29, 0.717) is 17.0 Å². The molecular formula is C16H19BrN4O2. The smallest absolute Gasteiger partial charge is 0.289 e. The number of aromatic nitrogens is 3. The maximum absolute atomic E-state index is 12.8. The van der Waals surface area contributed by atoms with E-state index in [4.69, 9.17) is 4.42 Å². The number of rotatable bonds is 2. The van der Waals surface area contributed by atoms with Gasteiger partial charge in [0, 0.05) is 26.1 Å². The average Bonchev–Trinajstić information content (AvgIpc) is 3.28. The summed E-state index contributed by atoms with van der Waals surface area (Å²) in [4.78, 5) is 14.7. The van der Waals surface area contributed by atoms with E-state index in [1.54, 1.807) is 18.5 Å². The van der Waals surface area contributed by atoms with Crippen molar-refractivity contribution < 1.29 is 9.21 Å². The summed E-state index contributed by atoms with van der Waals surface area (Å²) in [6.45, 7) is 1.46. The quantitative estimate of drug-likeness (QED) is 0.805. The second-order valence-corrected chi connectivity index (χ2v) is 7.49. The number of likely N-dealkylation sites (tertiary alicyclic amines) is 1. The molecule has 6 nitrogen and oxygen atoms in total. The lowest BCUT2D eigenvalue weighted by Gasteiger charge is -2.28. The van der Waals surface area contributed by atoms with Crippen LogP contribution in [0, 0.1) is 5.41 Å². The van der Waals surface area contributed by atoms with E-state index < -0.39 is 0 Å². The summed E-state index contributed by atoms with van der Waals surface area (Å²) in [5.74, 6) is 1.60. The second kappa shape index (κ2) is 5.47. The minimum absolute atomic E-state index is 0.0355. The first kappa shape index (κ1) is 14.9. The zero-order chi connectivity index (χ0) is 16.0. The molecule has 2 aromatic heterocycles. The van der Waals surface area contributed by atoms with Crippen LogP contribution in [0.3, 0.4) is 0 Å². The Morgan fingerprint density at radius 1 is 1.39 bits per heavy atom. The standard InChI is InChI=1S/C16H19BrN4O2/c1-20-10-18-19-14(20)11-8-21(9-16(11)6-2-3-7-16)15(22)12-4-5-13(17)23-12/h4-5,10-11H,2-3,6-9H2,1H3. The van der Waals surface area contributed by atoms with Gasteiger partial charge in [-0.3, -0.25) is 4.79 Å². The maximum Gasteiger partial charge on any atom is 0.289 e. The number of carbonyl (C=O) groups excluding carboxylic acids is 1. The topological polar surface area (TPSA) is 64.2 Å². The fourth-order valence-electron chi connectivity index (χ4n) is 4.26. The molecule has 1 spiro atoms.